The second kappa shape index (κ2) is 9.37. The van der Waals surface area contributed by atoms with Crippen molar-refractivity contribution >= 4 is 25.9 Å². The van der Waals surface area contributed by atoms with Crippen LogP contribution in [-0.4, -0.2) is 35.8 Å². The molecule has 1 aliphatic heterocycles. The minimum absolute atomic E-state index is 0.0107. The molecule has 0 spiro atoms. The van der Waals surface area contributed by atoms with E-state index in [-0.39, 0.29) is 22.9 Å². The molecule has 0 aromatic heterocycles. The van der Waals surface area contributed by atoms with Gasteiger partial charge < -0.3 is 9.67 Å². The van der Waals surface area contributed by atoms with Gasteiger partial charge in [-0.25, -0.2) is 0 Å². The summed E-state index contributed by atoms with van der Waals surface area (Å²) in [6.07, 6.45) is 0. The third-order valence-corrected chi connectivity index (χ3v) is 15.0. The smallest absolute Gasteiger partial charge is 0.223 e. The molecule has 1 fully saturated rings. The maximum atomic E-state index is 13.4. The van der Waals surface area contributed by atoms with Crippen molar-refractivity contribution in [3.63, 3.8) is 0 Å². The summed E-state index contributed by atoms with van der Waals surface area (Å²) in [5.74, 6) is -0.302. The van der Waals surface area contributed by atoms with Crippen LogP contribution in [0.3, 0.4) is 0 Å². The largest absolute Gasteiger partial charge is 0.395 e. The van der Waals surface area contributed by atoms with Gasteiger partial charge in [-0.2, -0.15) is 0 Å². The lowest BCUT2D eigenvalue weighted by molar-refractivity contribution is -0.145. The molecule has 0 aliphatic carbocycles. The van der Waals surface area contributed by atoms with Gasteiger partial charge in [0.05, 0.1) is 22.6 Å². The monoisotopic (exact) mass is 489 g/mol. The number of hydrogen-bond acceptors (Lipinski definition) is 3. The number of carbonyl (C=O) groups is 1. The first kappa shape index (κ1) is 24.8. The van der Waals surface area contributed by atoms with E-state index >= 15 is 0 Å². The summed E-state index contributed by atoms with van der Waals surface area (Å²) in [5.41, 5.74) is 3.51. The summed E-state index contributed by atoms with van der Waals surface area (Å²) in [6, 6.07) is 31.7. The highest BCUT2D eigenvalue weighted by Crippen LogP contribution is 2.56. The maximum absolute atomic E-state index is 13.4. The van der Waals surface area contributed by atoms with Crippen LogP contribution in [0.4, 0.5) is 0 Å². The topological polar surface area (TPSA) is 40.5 Å². The van der Waals surface area contributed by atoms with Crippen molar-refractivity contribution in [3.05, 3.63) is 108 Å². The number of aliphatic hydroxyl groups excluding tert-OH is 1. The SMILES string of the molecule is CC(C)(C)[Si](C)(C)N1C(=O)C(CO)C1SC(c1ccccc1)(c1ccccc1)c1ccccc1. The number of carbonyl (C=O) groups excluding carboxylic acids is 1. The highest BCUT2D eigenvalue weighted by molar-refractivity contribution is 8.01. The van der Waals surface area contributed by atoms with Gasteiger partial charge in [0, 0.05) is 0 Å². The van der Waals surface area contributed by atoms with Crippen molar-refractivity contribution in [2.45, 2.75) is 49.0 Å². The van der Waals surface area contributed by atoms with Crippen LogP contribution in [0.25, 0.3) is 0 Å². The van der Waals surface area contributed by atoms with Crippen molar-refractivity contribution in [2.24, 2.45) is 5.92 Å². The van der Waals surface area contributed by atoms with Crippen LogP contribution in [0.15, 0.2) is 91.0 Å². The lowest BCUT2D eigenvalue weighted by atomic mass is 9.84. The molecule has 34 heavy (non-hydrogen) atoms. The zero-order valence-electron chi connectivity index (χ0n) is 20.7. The summed E-state index contributed by atoms with van der Waals surface area (Å²) in [6.45, 7) is 11.1. The molecule has 1 heterocycles. The summed E-state index contributed by atoms with van der Waals surface area (Å²) in [7, 11) is -2.16. The average Bonchev–Trinajstić information content (AvgIpc) is 2.83. The molecular formula is C29H35NO2SSi. The van der Waals surface area contributed by atoms with Gasteiger partial charge in [0.2, 0.25) is 5.91 Å². The van der Waals surface area contributed by atoms with E-state index in [1.807, 2.05) is 18.2 Å². The first-order valence-corrected chi connectivity index (χ1v) is 15.8. The molecule has 2 atom stereocenters. The van der Waals surface area contributed by atoms with Crippen molar-refractivity contribution < 1.29 is 9.90 Å². The molecule has 5 heteroatoms. The van der Waals surface area contributed by atoms with Crippen LogP contribution < -0.4 is 0 Å². The van der Waals surface area contributed by atoms with Crippen LogP contribution in [-0.2, 0) is 9.54 Å². The second-order valence-corrected chi connectivity index (χ2v) is 17.0. The van der Waals surface area contributed by atoms with Crippen LogP contribution in [0.1, 0.15) is 37.5 Å². The van der Waals surface area contributed by atoms with E-state index in [0.717, 1.165) is 0 Å². The minimum Gasteiger partial charge on any atom is -0.395 e. The Morgan fingerprint density at radius 2 is 1.18 bits per heavy atom. The number of nitrogens with zero attached hydrogens (tertiary/aromatic N) is 1. The van der Waals surface area contributed by atoms with Gasteiger partial charge >= 0.3 is 0 Å². The minimum atomic E-state index is -2.16. The van der Waals surface area contributed by atoms with Crippen LogP contribution in [0.5, 0.6) is 0 Å². The highest BCUT2D eigenvalue weighted by atomic mass is 32.2. The fourth-order valence-electron chi connectivity index (χ4n) is 4.69. The number of β-lactam (4-membered cyclic amide) rings is 1. The molecule has 1 saturated heterocycles. The van der Waals surface area contributed by atoms with E-state index in [1.165, 1.54) is 16.7 Å². The van der Waals surface area contributed by atoms with Gasteiger partial charge in [-0.3, -0.25) is 4.79 Å². The Labute approximate surface area is 209 Å². The molecule has 4 rings (SSSR count). The fourth-order valence-corrected chi connectivity index (χ4v) is 9.64. The Morgan fingerprint density at radius 1 is 0.794 bits per heavy atom. The Balaban J connectivity index is 1.93. The van der Waals surface area contributed by atoms with E-state index in [0.29, 0.717) is 0 Å². The molecule has 178 valence electrons. The Bertz CT molecular complexity index is 1020. The molecule has 3 nitrogen and oxygen atoms in total. The Morgan fingerprint density at radius 3 is 1.50 bits per heavy atom. The maximum Gasteiger partial charge on any atom is 0.223 e. The summed E-state index contributed by atoms with van der Waals surface area (Å²) in [4.78, 5) is 13.4. The van der Waals surface area contributed by atoms with Crippen molar-refractivity contribution in [1.82, 2.24) is 4.57 Å². The normalized spacial score (nSPS) is 19.1. The van der Waals surface area contributed by atoms with Crippen molar-refractivity contribution in [3.8, 4) is 0 Å². The summed E-state index contributed by atoms with van der Waals surface area (Å²) < 4.78 is 1.63. The number of hydrogen-bond donors (Lipinski definition) is 1. The first-order valence-electron chi connectivity index (χ1n) is 11.9. The number of benzene rings is 3. The van der Waals surface area contributed by atoms with E-state index in [9.17, 15) is 9.90 Å². The average molecular weight is 490 g/mol. The summed E-state index contributed by atoms with van der Waals surface area (Å²) in [5, 5.41) is 10.2. The number of thioether (sulfide) groups is 1. The van der Waals surface area contributed by atoms with Gasteiger partial charge in [0.1, 0.15) is 0 Å². The number of aliphatic hydroxyl groups is 1. The van der Waals surface area contributed by atoms with E-state index < -0.39 is 18.9 Å². The predicted molar refractivity (Wildman–Crippen MR) is 145 cm³/mol. The van der Waals surface area contributed by atoms with E-state index in [2.05, 4.69) is 111 Å². The zero-order chi connectivity index (χ0) is 24.6. The van der Waals surface area contributed by atoms with E-state index in [4.69, 9.17) is 0 Å². The molecule has 0 bridgehead atoms. The quantitative estimate of drug-likeness (QED) is 0.234. The molecule has 1 N–H and O–H groups in total. The lowest BCUT2D eigenvalue weighted by Gasteiger charge is -2.59. The van der Waals surface area contributed by atoms with Gasteiger partial charge in [-0.1, -0.05) is 125 Å². The first-order chi connectivity index (χ1) is 16.1. The van der Waals surface area contributed by atoms with Gasteiger partial charge in [-0.15, -0.1) is 11.8 Å². The number of amides is 1. The number of rotatable bonds is 7. The fraction of sp³-hybridized carbons (Fsp3) is 0.345. The van der Waals surface area contributed by atoms with Gasteiger partial charge in [0.15, 0.2) is 8.24 Å². The second-order valence-electron chi connectivity index (χ2n) is 10.6. The third kappa shape index (κ3) is 4.04. The zero-order valence-corrected chi connectivity index (χ0v) is 22.5. The molecular weight excluding hydrogens is 454 g/mol. The van der Waals surface area contributed by atoms with Crippen LogP contribution in [0.2, 0.25) is 18.1 Å². The molecule has 1 amide bonds. The molecule has 0 radical (unpaired) electrons. The van der Waals surface area contributed by atoms with Crippen LogP contribution >= 0.6 is 11.8 Å². The molecule has 3 aromatic rings. The Hall–Kier alpha value is -2.34. The third-order valence-electron chi connectivity index (χ3n) is 7.63. The predicted octanol–water partition coefficient (Wildman–Crippen LogP) is 6.49. The summed E-state index contributed by atoms with van der Waals surface area (Å²) >= 11 is 1.81. The molecule has 0 saturated carbocycles. The molecule has 3 aromatic carbocycles. The van der Waals surface area contributed by atoms with E-state index in [1.54, 1.807) is 11.8 Å². The molecule has 1 aliphatic rings. The van der Waals surface area contributed by atoms with Crippen molar-refractivity contribution in [2.75, 3.05) is 6.61 Å². The van der Waals surface area contributed by atoms with Gasteiger partial charge in [-0.05, 0) is 21.7 Å². The lowest BCUT2D eigenvalue weighted by Crippen LogP contribution is -2.72. The molecule has 2 unspecified atom stereocenters. The van der Waals surface area contributed by atoms with Crippen molar-refractivity contribution in [1.29, 1.82) is 0 Å². The van der Waals surface area contributed by atoms with Crippen LogP contribution in [0, 0.1) is 5.92 Å². The Kier molecular flexibility index (Phi) is 6.82. The van der Waals surface area contributed by atoms with Gasteiger partial charge in [0.25, 0.3) is 0 Å². The standard InChI is InChI=1S/C29H35NO2SSi/c1-28(2,3)34(4,5)30-26(32)25(21-31)27(30)33-29(22-15-9-6-10-16-22,23-17-11-7-12-18-23)24-19-13-8-14-20-24/h6-20,25,27,31H,21H2,1-5H3. The highest BCUT2D eigenvalue weighted by Gasteiger charge is 2.59.